The molecule has 2 aliphatic rings. The van der Waals surface area contributed by atoms with Crippen molar-refractivity contribution in [3.05, 3.63) is 35.5 Å². The molecule has 2 atom stereocenters. The Morgan fingerprint density at radius 3 is 2.51 bits per heavy atom. The largest absolute Gasteiger partial charge is 0.465 e. The summed E-state index contributed by atoms with van der Waals surface area (Å²) in [4.78, 5) is 37.8. The summed E-state index contributed by atoms with van der Waals surface area (Å²) in [6.07, 6.45) is -0.0318. The van der Waals surface area contributed by atoms with E-state index in [9.17, 15) is 14.7 Å². The van der Waals surface area contributed by atoms with Gasteiger partial charge < -0.3 is 30.3 Å². The highest BCUT2D eigenvalue weighted by atomic mass is 16.5. The van der Waals surface area contributed by atoms with Crippen LogP contribution in [0.25, 0.3) is 11.4 Å². The SMILES string of the molecule is CCNC(=O)Nc1ccc(-c2nc3c(c(N4CCOCC4CC)n2)[C@H](C(C)(C)C)CN(C(=O)O)C3)cc1. The molecule has 1 aromatic heterocycles. The van der Waals surface area contributed by atoms with Crippen LogP contribution in [0.15, 0.2) is 24.3 Å². The standard InChI is InChI=1S/C27H38N6O4/c1-6-19-16-37-13-12-33(19)24-22-20(27(3,4)5)14-32(26(35)36)15-21(22)30-23(31-24)17-8-10-18(11-9-17)29-25(34)28-7-2/h8-11,19-20H,6-7,12-16H2,1-5H3,(H,35,36)(H2,28,29,34)/t19?,20-/m1/s1. The first kappa shape index (κ1) is 26.7. The van der Waals surface area contributed by atoms with Gasteiger partial charge in [0, 0.05) is 42.4 Å². The van der Waals surface area contributed by atoms with Crippen LogP contribution in [0.1, 0.15) is 58.2 Å². The smallest absolute Gasteiger partial charge is 0.407 e. The van der Waals surface area contributed by atoms with Gasteiger partial charge in [-0.3, -0.25) is 0 Å². The van der Waals surface area contributed by atoms with Crippen LogP contribution in [-0.2, 0) is 11.3 Å². The number of morpholine rings is 1. The Labute approximate surface area is 218 Å². The number of benzene rings is 1. The lowest BCUT2D eigenvalue weighted by Gasteiger charge is -2.44. The van der Waals surface area contributed by atoms with Gasteiger partial charge in [0.1, 0.15) is 5.82 Å². The molecule has 1 unspecified atom stereocenters. The van der Waals surface area contributed by atoms with Crippen molar-refractivity contribution in [1.82, 2.24) is 20.2 Å². The number of carbonyl (C=O) groups is 2. The minimum absolute atomic E-state index is 0.0552. The highest BCUT2D eigenvalue weighted by Gasteiger charge is 2.41. The van der Waals surface area contributed by atoms with Crippen molar-refractivity contribution in [3.63, 3.8) is 0 Å². The maximum atomic E-state index is 12.1. The van der Waals surface area contributed by atoms with Crippen LogP contribution >= 0.6 is 0 Å². The minimum atomic E-state index is -0.944. The van der Waals surface area contributed by atoms with Crippen LogP contribution in [-0.4, -0.2) is 71.0 Å². The lowest BCUT2D eigenvalue weighted by molar-refractivity contribution is 0.0918. The molecule has 0 aliphatic carbocycles. The van der Waals surface area contributed by atoms with Gasteiger partial charge >= 0.3 is 12.1 Å². The summed E-state index contributed by atoms with van der Waals surface area (Å²) >= 11 is 0. The molecular formula is C27H38N6O4. The second-order valence-corrected chi connectivity index (χ2v) is 10.7. The molecule has 3 heterocycles. The summed E-state index contributed by atoms with van der Waals surface area (Å²) in [6.45, 7) is 13.6. The monoisotopic (exact) mass is 510 g/mol. The van der Waals surface area contributed by atoms with E-state index in [0.29, 0.717) is 37.8 Å². The summed E-state index contributed by atoms with van der Waals surface area (Å²) in [5.41, 5.74) is 3.06. The molecule has 2 aromatic rings. The van der Waals surface area contributed by atoms with Gasteiger partial charge in [-0.15, -0.1) is 0 Å². The van der Waals surface area contributed by atoms with Crippen LogP contribution in [0.2, 0.25) is 0 Å². The number of aromatic nitrogens is 2. The third-order valence-electron chi connectivity index (χ3n) is 7.12. The van der Waals surface area contributed by atoms with Crippen molar-refractivity contribution in [2.45, 2.75) is 59.5 Å². The van der Waals surface area contributed by atoms with Crippen LogP contribution < -0.4 is 15.5 Å². The number of rotatable bonds is 5. The summed E-state index contributed by atoms with van der Waals surface area (Å²) in [5, 5.41) is 15.4. The lowest BCUT2D eigenvalue weighted by atomic mass is 9.74. The molecule has 1 aromatic carbocycles. The van der Waals surface area contributed by atoms with E-state index in [1.165, 1.54) is 4.90 Å². The van der Waals surface area contributed by atoms with Crippen LogP contribution in [0, 0.1) is 5.41 Å². The third kappa shape index (κ3) is 5.79. The number of anilines is 2. The second kappa shape index (κ2) is 10.9. The Balaban J connectivity index is 1.82. The first-order valence-corrected chi connectivity index (χ1v) is 13.0. The lowest BCUT2D eigenvalue weighted by Crippen LogP contribution is -2.48. The molecule has 1 saturated heterocycles. The fourth-order valence-corrected chi connectivity index (χ4v) is 5.05. The Morgan fingerprint density at radius 1 is 1.16 bits per heavy atom. The fraction of sp³-hybridized carbons (Fsp3) is 0.556. The quantitative estimate of drug-likeness (QED) is 0.541. The predicted molar refractivity (Wildman–Crippen MR) is 143 cm³/mol. The Hall–Kier alpha value is -3.40. The van der Waals surface area contributed by atoms with Gasteiger partial charge in [0.2, 0.25) is 0 Å². The number of nitrogens with zero attached hydrogens (tertiary/aromatic N) is 4. The van der Waals surface area contributed by atoms with Crippen molar-refractivity contribution >= 4 is 23.6 Å². The molecule has 10 nitrogen and oxygen atoms in total. The number of ether oxygens (including phenoxy) is 1. The molecular weight excluding hydrogens is 472 g/mol. The number of amides is 3. The molecule has 3 amide bonds. The molecule has 1 fully saturated rings. The number of carbonyl (C=O) groups excluding carboxylic acids is 1. The van der Waals surface area contributed by atoms with E-state index < -0.39 is 6.09 Å². The average molecular weight is 511 g/mol. The molecule has 10 heteroatoms. The van der Waals surface area contributed by atoms with Gasteiger partial charge in [0.05, 0.1) is 31.5 Å². The van der Waals surface area contributed by atoms with E-state index >= 15 is 0 Å². The number of urea groups is 1. The maximum absolute atomic E-state index is 12.1. The summed E-state index contributed by atoms with van der Waals surface area (Å²) in [7, 11) is 0. The van der Waals surface area contributed by atoms with Crippen LogP contribution in [0.3, 0.4) is 0 Å². The van der Waals surface area contributed by atoms with E-state index in [0.717, 1.165) is 35.6 Å². The number of hydrogen-bond donors (Lipinski definition) is 3. The number of hydrogen-bond acceptors (Lipinski definition) is 6. The topological polar surface area (TPSA) is 120 Å². The van der Waals surface area contributed by atoms with Gasteiger partial charge in [-0.25, -0.2) is 19.6 Å². The van der Waals surface area contributed by atoms with Gasteiger partial charge in [-0.05, 0) is 43.0 Å². The van der Waals surface area contributed by atoms with E-state index in [1.807, 2.05) is 31.2 Å². The molecule has 200 valence electrons. The zero-order valence-corrected chi connectivity index (χ0v) is 22.4. The first-order chi connectivity index (χ1) is 17.6. The molecule has 3 N–H and O–H groups in total. The van der Waals surface area contributed by atoms with E-state index in [1.54, 1.807) is 0 Å². The summed E-state index contributed by atoms with van der Waals surface area (Å²) in [6, 6.07) is 7.31. The molecule has 4 rings (SSSR count). The molecule has 2 aliphatic heterocycles. The molecule has 37 heavy (non-hydrogen) atoms. The Morgan fingerprint density at radius 2 is 1.89 bits per heavy atom. The van der Waals surface area contributed by atoms with Crippen molar-refractivity contribution in [3.8, 4) is 11.4 Å². The van der Waals surface area contributed by atoms with E-state index in [-0.39, 0.29) is 30.0 Å². The van der Waals surface area contributed by atoms with Gasteiger partial charge in [-0.2, -0.15) is 0 Å². The van der Waals surface area contributed by atoms with Gasteiger partial charge in [0.15, 0.2) is 5.82 Å². The Bertz CT molecular complexity index is 1130. The molecule has 0 bridgehead atoms. The minimum Gasteiger partial charge on any atom is -0.465 e. The fourth-order valence-electron chi connectivity index (χ4n) is 5.05. The first-order valence-electron chi connectivity index (χ1n) is 13.0. The number of nitrogens with one attached hydrogen (secondary N) is 2. The van der Waals surface area contributed by atoms with Crippen molar-refractivity contribution in [2.24, 2.45) is 5.41 Å². The summed E-state index contributed by atoms with van der Waals surface area (Å²) in [5.74, 6) is 1.37. The Kier molecular flexibility index (Phi) is 7.87. The maximum Gasteiger partial charge on any atom is 0.407 e. The van der Waals surface area contributed by atoms with Crippen LogP contribution in [0.5, 0.6) is 0 Å². The summed E-state index contributed by atoms with van der Waals surface area (Å²) < 4.78 is 5.78. The molecule has 0 saturated carbocycles. The highest BCUT2D eigenvalue weighted by molar-refractivity contribution is 5.89. The van der Waals surface area contributed by atoms with Gasteiger partial charge in [-0.1, -0.05) is 27.7 Å². The number of fused-ring (bicyclic) bond motifs is 1. The average Bonchev–Trinajstić information content (AvgIpc) is 2.87. The normalized spacial score (nSPS) is 19.8. The van der Waals surface area contributed by atoms with Crippen LogP contribution in [0.4, 0.5) is 21.1 Å². The van der Waals surface area contributed by atoms with E-state index in [4.69, 9.17) is 14.7 Å². The van der Waals surface area contributed by atoms with Crippen molar-refractivity contribution < 1.29 is 19.4 Å². The molecule has 0 radical (unpaired) electrons. The zero-order valence-electron chi connectivity index (χ0n) is 22.4. The molecule has 0 spiro atoms. The third-order valence-corrected chi connectivity index (χ3v) is 7.12. The van der Waals surface area contributed by atoms with Crippen molar-refractivity contribution in [1.29, 1.82) is 0 Å². The highest BCUT2D eigenvalue weighted by Crippen LogP contribution is 2.45. The van der Waals surface area contributed by atoms with E-state index in [2.05, 4.69) is 43.2 Å². The van der Waals surface area contributed by atoms with Crippen molar-refractivity contribution in [2.75, 3.05) is 43.1 Å². The zero-order chi connectivity index (χ0) is 26.7. The van der Waals surface area contributed by atoms with Gasteiger partial charge in [0.25, 0.3) is 0 Å². The number of carboxylic acid groups (broad SMARTS) is 1. The predicted octanol–water partition coefficient (Wildman–Crippen LogP) is 4.52. The second-order valence-electron chi connectivity index (χ2n) is 10.7.